The molecule has 1 unspecified atom stereocenters. The van der Waals surface area contributed by atoms with Crippen molar-refractivity contribution in [3.05, 3.63) is 63.6 Å². The summed E-state index contributed by atoms with van der Waals surface area (Å²) in [6, 6.07) is 13.1. The van der Waals surface area contributed by atoms with Gasteiger partial charge >= 0.3 is 0 Å². The Balaban J connectivity index is 1.93. The molecule has 0 saturated carbocycles. The third-order valence-corrected chi connectivity index (χ3v) is 3.79. The van der Waals surface area contributed by atoms with Gasteiger partial charge in [0.25, 0.3) is 0 Å². The molecule has 1 aliphatic rings. The summed E-state index contributed by atoms with van der Waals surface area (Å²) < 4.78 is 6.62. The van der Waals surface area contributed by atoms with Crippen molar-refractivity contribution in [2.75, 3.05) is 0 Å². The minimum absolute atomic E-state index is 0.0508. The molecule has 0 amide bonds. The highest BCUT2D eigenvalue weighted by Crippen LogP contribution is 2.30. The Morgan fingerprint density at radius 3 is 2.58 bits per heavy atom. The lowest BCUT2D eigenvalue weighted by Gasteiger charge is -2.04. The number of hydrogen-bond acceptors (Lipinski definition) is 2. The lowest BCUT2D eigenvalue weighted by molar-refractivity contribution is 0.103. The quantitative estimate of drug-likeness (QED) is 0.783. The maximum atomic E-state index is 12.4. The average Bonchev–Trinajstić information content (AvgIpc) is 2.77. The Morgan fingerprint density at radius 1 is 1.16 bits per heavy atom. The first-order valence-corrected chi connectivity index (χ1v) is 7.02. The van der Waals surface area contributed by atoms with E-state index in [-0.39, 0.29) is 11.9 Å². The molecule has 1 aliphatic heterocycles. The topological polar surface area (TPSA) is 26.3 Å². The van der Waals surface area contributed by atoms with Gasteiger partial charge in [0.2, 0.25) is 0 Å². The normalized spacial score (nSPS) is 16.8. The van der Waals surface area contributed by atoms with Crippen LogP contribution in [0.1, 0.15) is 28.4 Å². The molecule has 0 aromatic heterocycles. The third kappa shape index (κ3) is 2.43. The van der Waals surface area contributed by atoms with Gasteiger partial charge in [-0.05, 0) is 55.0 Å². The van der Waals surface area contributed by atoms with Crippen LogP contribution in [0.3, 0.4) is 0 Å². The van der Waals surface area contributed by atoms with Crippen LogP contribution >= 0.6 is 15.9 Å². The number of halogens is 1. The molecule has 0 saturated heterocycles. The summed E-state index contributed by atoms with van der Waals surface area (Å²) in [7, 11) is 0. The van der Waals surface area contributed by atoms with E-state index in [0.29, 0.717) is 5.56 Å². The smallest absolute Gasteiger partial charge is 0.193 e. The Bertz CT molecular complexity index is 632. The fraction of sp³-hybridized carbons (Fsp3) is 0.188. The highest BCUT2D eigenvalue weighted by atomic mass is 79.9. The number of ketones is 1. The van der Waals surface area contributed by atoms with E-state index in [1.807, 2.05) is 49.4 Å². The van der Waals surface area contributed by atoms with Crippen molar-refractivity contribution in [1.29, 1.82) is 0 Å². The highest BCUT2D eigenvalue weighted by Gasteiger charge is 2.20. The van der Waals surface area contributed by atoms with Gasteiger partial charge < -0.3 is 4.74 Å². The zero-order chi connectivity index (χ0) is 13.4. The van der Waals surface area contributed by atoms with E-state index < -0.39 is 0 Å². The van der Waals surface area contributed by atoms with Crippen LogP contribution < -0.4 is 4.74 Å². The van der Waals surface area contributed by atoms with Gasteiger partial charge in [-0.25, -0.2) is 0 Å². The van der Waals surface area contributed by atoms with E-state index in [2.05, 4.69) is 15.9 Å². The molecule has 0 aliphatic carbocycles. The van der Waals surface area contributed by atoms with Crippen molar-refractivity contribution < 1.29 is 9.53 Å². The Hall–Kier alpha value is -1.61. The van der Waals surface area contributed by atoms with Crippen LogP contribution in [-0.4, -0.2) is 11.9 Å². The second-order valence-electron chi connectivity index (χ2n) is 4.79. The van der Waals surface area contributed by atoms with Crippen molar-refractivity contribution in [3.8, 4) is 5.75 Å². The molecule has 19 heavy (non-hydrogen) atoms. The molecule has 2 nitrogen and oxygen atoms in total. The monoisotopic (exact) mass is 316 g/mol. The van der Waals surface area contributed by atoms with E-state index in [1.54, 1.807) is 0 Å². The van der Waals surface area contributed by atoms with Gasteiger partial charge in [-0.1, -0.05) is 15.9 Å². The van der Waals surface area contributed by atoms with Gasteiger partial charge in [0.05, 0.1) is 0 Å². The van der Waals surface area contributed by atoms with E-state index in [0.717, 1.165) is 27.8 Å². The molecule has 0 N–H and O–H groups in total. The molecule has 0 bridgehead atoms. The molecule has 3 rings (SSSR count). The number of carbonyl (C=O) groups is 1. The van der Waals surface area contributed by atoms with Crippen LogP contribution in [0.4, 0.5) is 0 Å². The van der Waals surface area contributed by atoms with Gasteiger partial charge in [0.15, 0.2) is 5.78 Å². The summed E-state index contributed by atoms with van der Waals surface area (Å²) in [5.74, 6) is 0.953. The first kappa shape index (κ1) is 12.4. The highest BCUT2D eigenvalue weighted by molar-refractivity contribution is 9.10. The number of rotatable bonds is 2. The largest absolute Gasteiger partial charge is 0.490 e. The van der Waals surface area contributed by atoms with Crippen molar-refractivity contribution in [1.82, 2.24) is 0 Å². The number of benzene rings is 2. The van der Waals surface area contributed by atoms with E-state index in [4.69, 9.17) is 4.74 Å². The lowest BCUT2D eigenvalue weighted by Crippen LogP contribution is -2.05. The molecule has 3 heteroatoms. The zero-order valence-electron chi connectivity index (χ0n) is 10.5. The fourth-order valence-corrected chi connectivity index (χ4v) is 2.60. The summed E-state index contributed by atoms with van der Waals surface area (Å²) in [6.45, 7) is 2.04. The van der Waals surface area contributed by atoms with Crippen molar-refractivity contribution in [3.63, 3.8) is 0 Å². The minimum atomic E-state index is 0.0508. The van der Waals surface area contributed by atoms with Gasteiger partial charge in [-0.2, -0.15) is 0 Å². The van der Waals surface area contributed by atoms with E-state index in [1.165, 1.54) is 0 Å². The molecule has 0 radical (unpaired) electrons. The van der Waals surface area contributed by atoms with E-state index >= 15 is 0 Å². The molecular weight excluding hydrogens is 304 g/mol. The fourth-order valence-electron chi connectivity index (χ4n) is 2.33. The number of hydrogen-bond donors (Lipinski definition) is 0. The maximum Gasteiger partial charge on any atom is 0.193 e. The molecule has 1 atom stereocenters. The first-order valence-electron chi connectivity index (χ1n) is 6.23. The predicted molar refractivity (Wildman–Crippen MR) is 77.8 cm³/mol. The summed E-state index contributed by atoms with van der Waals surface area (Å²) in [4.78, 5) is 12.4. The molecule has 0 fully saturated rings. The van der Waals surface area contributed by atoms with Crippen LogP contribution in [0.2, 0.25) is 0 Å². The van der Waals surface area contributed by atoms with Gasteiger partial charge in [-0.3, -0.25) is 4.79 Å². The third-order valence-electron chi connectivity index (χ3n) is 3.26. The van der Waals surface area contributed by atoms with Crippen LogP contribution in [0.15, 0.2) is 46.9 Å². The molecule has 2 aromatic rings. The predicted octanol–water partition coefficient (Wildman–Crippen LogP) is 4.00. The molecule has 96 valence electrons. The zero-order valence-corrected chi connectivity index (χ0v) is 12.1. The molecule has 1 heterocycles. The minimum Gasteiger partial charge on any atom is -0.490 e. The standard InChI is InChI=1S/C16H13BrO2/c1-10-8-13-9-12(4-7-15(13)19-10)16(18)11-2-5-14(17)6-3-11/h2-7,9-10H,8H2,1H3. The van der Waals surface area contributed by atoms with E-state index in [9.17, 15) is 4.79 Å². The Labute approximate surface area is 120 Å². The summed E-state index contributed by atoms with van der Waals surface area (Å²) in [5, 5.41) is 0. The molecule has 0 spiro atoms. The lowest BCUT2D eigenvalue weighted by atomic mass is 10.00. The van der Waals surface area contributed by atoms with Gasteiger partial charge in [-0.15, -0.1) is 0 Å². The Morgan fingerprint density at radius 2 is 1.84 bits per heavy atom. The van der Waals surface area contributed by atoms with Gasteiger partial charge in [0, 0.05) is 22.0 Å². The number of ether oxygens (including phenoxy) is 1. The molecular formula is C16H13BrO2. The van der Waals surface area contributed by atoms with Crippen molar-refractivity contribution in [2.24, 2.45) is 0 Å². The SMILES string of the molecule is CC1Cc2cc(C(=O)c3ccc(Br)cc3)ccc2O1. The van der Waals surface area contributed by atoms with Crippen LogP contribution in [0, 0.1) is 0 Å². The van der Waals surface area contributed by atoms with Crippen LogP contribution in [-0.2, 0) is 6.42 Å². The van der Waals surface area contributed by atoms with Crippen molar-refractivity contribution >= 4 is 21.7 Å². The van der Waals surface area contributed by atoms with Crippen LogP contribution in [0.5, 0.6) is 5.75 Å². The number of carbonyl (C=O) groups excluding carboxylic acids is 1. The second-order valence-corrected chi connectivity index (χ2v) is 5.71. The summed E-state index contributed by atoms with van der Waals surface area (Å²) >= 11 is 3.37. The van der Waals surface area contributed by atoms with Crippen molar-refractivity contribution in [2.45, 2.75) is 19.4 Å². The maximum absolute atomic E-state index is 12.4. The van der Waals surface area contributed by atoms with Crippen LogP contribution in [0.25, 0.3) is 0 Å². The first-order chi connectivity index (χ1) is 9.13. The van der Waals surface area contributed by atoms with Gasteiger partial charge in [0.1, 0.15) is 11.9 Å². The summed E-state index contributed by atoms with van der Waals surface area (Å²) in [6.07, 6.45) is 1.07. The Kier molecular flexibility index (Phi) is 3.15. The second kappa shape index (κ2) is 4.82. The summed E-state index contributed by atoms with van der Waals surface area (Å²) in [5.41, 5.74) is 2.55. The average molecular weight is 317 g/mol. The molecule has 2 aromatic carbocycles. The number of fused-ring (bicyclic) bond motifs is 1.